The number of aryl methyl sites for hydroxylation is 1. The normalized spacial score (nSPS) is 11.7. The van der Waals surface area contributed by atoms with E-state index >= 15 is 0 Å². The van der Waals surface area contributed by atoms with Gasteiger partial charge in [0.1, 0.15) is 16.9 Å². The van der Waals surface area contributed by atoms with Crippen molar-refractivity contribution in [3.05, 3.63) is 75.6 Å². The molecule has 0 fully saturated rings. The van der Waals surface area contributed by atoms with E-state index in [1.807, 2.05) is 31.2 Å². The Morgan fingerprint density at radius 2 is 1.83 bits per heavy atom. The summed E-state index contributed by atoms with van der Waals surface area (Å²) in [6.07, 6.45) is -0.0601. The Bertz CT molecular complexity index is 1120. The van der Waals surface area contributed by atoms with E-state index in [9.17, 15) is 14.4 Å². The van der Waals surface area contributed by atoms with E-state index in [1.165, 1.54) is 13.2 Å². The zero-order chi connectivity index (χ0) is 21.7. The molecule has 0 aliphatic carbocycles. The molecule has 2 aromatic carbocycles. The average Bonchev–Trinajstić information content (AvgIpc) is 2.73. The topological polar surface area (TPSA) is 94.8 Å². The molecule has 0 radical (unpaired) electrons. The first-order valence-electron chi connectivity index (χ1n) is 9.56. The largest absolute Gasteiger partial charge is 0.497 e. The Labute approximate surface area is 173 Å². The molecule has 1 amide bonds. The highest BCUT2D eigenvalue weighted by Crippen LogP contribution is 2.22. The first-order chi connectivity index (χ1) is 14.4. The van der Waals surface area contributed by atoms with Crippen molar-refractivity contribution in [2.45, 2.75) is 26.3 Å². The summed E-state index contributed by atoms with van der Waals surface area (Å²) < 4.78 is 15.5. The number of rotatable bonds is 7. The Morgan fingerprint density at radius 3 is 2.50 bits per heavy atom. The zero-order valence-corrected chi connectivity index (χ0v) is 17.1. The summed E-state index contributed by atoms with van der Waals surface area (Å²) in [7, 11) is 1.52. The van der Waals surface area contributed by atoms with Crippen LogP contribution in [-0.2, 0) is 9.53 Å². The third kappa shape index (κ3) is 4.86. The molecule has 3 rings (SSSR count). The maximum Gasteiger partial charge on any atom is 0.349 e. The van der Waals surface area contributed by atoms with Crippen LogP contribution >= 0.6 is 0 Å². The van der Waals surface area contributed by atoms with Crippen LogP contribution in [-0.4, -0.2) is 25.6 Å². The molecule has 1 aromatic heterocycles. The average molecular weight is 409 g/mol. The Kier molecular flexibility index (Phi) is 6.51. The van der Waals surface area contributed by atoms with E-state index in [-0.39, 0.29) is 18.6 Å². The highest BCUT2D eigenvalue weighted by Gasteiger charge is 2.22. The van der Waals surface area contributed by atoms with Crippen molar-refractivity contribution in [3.63, 3.8) is 0 Å². The smallest absolute Gasteiger partial charge is 0.349 e. The van der Waals surface area contributed by atoms with Gasteiger partial charge in [-0.25, -0.2) is 4.79 Å². The number of carbonyl (C=O) groups is 2. The minimum absolute atomic E-state index is 0.0601. The van der Waals surface area contributed by atoms with Crippen LogP contribution in [0.4, 0.5) is 0 Å². The summed E-state index contributed by atoms with van der Waals surface area (Å²) in [6, 6.07) is 13.2. The molecular formula is C23H23NO6. The number of esters is 1. The second-order valence-electron chi connectivity index (χ2n) is 6.80. The van der Waals surface area contributed by atoms with E-state index in [0.717, 1.165) is 11.1 Å². The van der Waals surface area contributed by atoms with Crippen LogP contribution in [0.1, 0.15) is 40.9 Å². The maximum atomic E-state index is 12.9. The third-order valence-corrected chi connectivity index (χ3v) is 4.65. The highest BCUT2D eigenvalue weighted by molar-refractivity contribution is 5.97. The standard InChI is InChI=1S/C23H23NO6/c1-4-29-21(25)13-19(15-7-5-14(2)6-8-15)24-22(26)18-12-16-11-17(28-3)9-10-20(16)30-23(18)27/h5-12,19H,4,13H2,1-3H3,(H,24,26). The Balaban J connectivity index is 1.92. The van der Waals surface area contributed by atoms with Crippen molar-refractivity contribution in [1.82, 2.24) is 5.32 Å². The van der Waals surface area contributed by atoms with Gasteiger partial charge in [-0.15, -0.1) is 0 Å². The number of ether oxygens (including phenoxy) is 2. The number of hydrogen-bond donors (Lipinski definition) is 1. The van der Waals surface area contributed by atoms with Gasteiger partial charge in [-0.3, -0.25) is 9.59 Å². The molecule has 30 heavy (non-hydrogen) atoms. The van der Waals surface area contributed by atoms with Crippen molar-refractivity contribution >= 4 is 22.8 Å². The van der Waals surface area contributed by atoms with Crippen LogP contribution in [0.25, 0.3) is 11.0 Å². The minimum atomic E-state index is -0.760. The number of benzene rings is 2. The molecule has 1 unspecified atom stereocenters. The summed E-state index contributed by atoms with van der Waals surface area (Å²) >= 11 is 0. The first-order valence-corrected chi connectivity index (χ1v) is 9.56. The summed E-state index contributed by atoms with van der Waals surface area (Å²) in [4.78, 5) is 37.3. The molecule has 0 saturated heterocycles. The molecular weight excluding hydrogens is 386 g/mol. The predicted molar refractivity (Wildman–Crippen MR) is 112 cm³/mol. The molecule has 156 valence electrons. The minimum Gasteiger partial charge on any atom is -0.497 e. The van der Waals surface area contributed by atoms with Crippen LogP contribution in [0.5, 0.6) is 5.75 Å². The second kappa shape index (κ2) is 9.26. The number of hydrogen-bond acceptors (Lipinski definition) is 6. The van der Waals surface area contributed by atoms with Gasteiger partial charge in [0.05, 0.1) is 26.2 Å². The summed E-state index contributed by atoms with van der Waals surface area (Å²) in [5, 5.41) is 3.31. The van der Waals surface area contributed by atoms with Crippen LogP contribution in [0.2, 0.25) is 0 Å². The van der Waals surface area contributed by atoms with Gasteiger partial charge in [-0.05, 0) is 43.7 Å². The molecule has 0 bridgehead atoms. The van der Waals surface area contributed by atoms with Crippen molar-refractivity contribution < 1.29 is 23.5 Å². The summed E-state index contributed by atoms with van der Waals surface area (Å²) in [5.74, 6) is -0.510. The van der Waals surface area contributed by atoms with E-state index in [1.54, 1.807) is 25.1 Å². The lowest BCUT2D eigenvalue weighted by atomic mass is 10.0. The molecule has 7 nitrogen and oxygen atoms in total. The highest BCUT2D eigenvalue weighted by atomic mass is 16.5. The van der Waals surface area contributed by atoms with Gasteiger partial charge in [0.15, 0.2) is 0 Å². The molecule has 3 aromatic rings. The van der Waals surface area contributed by atoms with Crippen LogP contribution in [0, 0.1) is 6.92 Å². The molecule has 1 atom stereocenters. The van der Waals surface area contributed by atoms with Crippen molar-refractivity contribution in [2.75, 3.05) is 13.7 Å². The first kappa shape index (κ1) is 21.1. The van der Waals surface area contributed by atoms with Gasteiger partial charge >= 0.3 is 11.6 Å². The maximum absolute atomic E-state index is 12.9. The van der Waals surface area contributed by atoms with Crippen molar-refractivity contribution in [1.29, 1.82) is 0 Å². The molecule has 0 spiro atoms. The van der Waals surface area contributed by atoms with Gasteiger partial charge in [0.2, 0.25) is 0 Å². The van der Waals surface area contributed by atoms with Crippen LogP contribution in [0.15, 0.2) is 57.7 Å². The van der Waals surface area contributed by atoms with Crippen LogP contribution < -0.4 is 15.7 Å². The fourth-order valence-corrected chi connectivity index (χ4v) is 3.06. The van der Waals surface area contributed by atoms with Gasteiger partial charge in [-0.1, -0.05) is 29.8 Å². The number of fused-ring (bicyclic) bond motifs is 1. The van der Waals surface area contributed by atoms with Crippen molar-refractivity contribution in [2.24, 2.45) is 0 Å². The molecule has 1 N–H and O–H groups in total. The fourth-order valence-electron chi connectivity index (χ4n) is 3.06. The molecule has 0 aliphatic heterocycles. The molecule has 7 heteroatoms. The monoisotopic (exact) mass is 409 g/mol. The van der Waals surface area contributed by atoms with E-state index in [0.29, 0.717) is 16.7 Å². The third-order valence-electron chi connectivity index (χ3n) is 4.65. The van der Waals surface area contributed by atoms with E-state index < -0.39 is 23.5 Å². The zero-order valence-electron chi connectivity index (χ0n) is 17.1. The van der Waals surface area contributed by atoms with Crippen LogP contribution in [0.3, 0.4) is 0 Å². The fraction of sp³-hybridized carbons (Fsp3) is 0.261. The Morgan fingerprint density at radius 1 is 1.10 bits per heavy atom. The number of amides is 1. The summed E-state index contributed by atoms with van der Waals surface area (Å²) in [6.45, 7) is 3.90. The van der Waals surface area contributed by atoms with E-state index in [2.05, 4.69) is 5.32 Å². The summed E-state index contributed by atoms with van der Waals surface area (Å²) in [5.41, 5.74) is 1.21. The van der Waals surface area contributed by atoms with Gasteiger partial charge in [0, 0.05) is 5.39 Å². The SMILES string of the molecule is CCOC(=O)CC(NC(=O)c1cc2cc(OC)ccc2oc1=O)c1ccc(C)cc1. The van der Waals surface area contributed by atoms with Crippen molar-refractivity contribution in [3.8, 4) is 5.75 Å². The number of nitrogens with one attached hydrogen (secondary N) is 1. The number of carbonyl (C=O) groups excluding carboxylic acids is 2. The number of methoxy groups -OCH3 is 1. The van der Waals surface area contributed by atoms with Gasteiger partial charge < -0.3 is 19.2 Å². The second-order valence-corrected chi connectivity index (χ2v) is 6.80. The Hall–Kier alpha value is -3.61. The molecule has 0 saturated carbocycles. The molecule has 1 heterocycles. The lowest BCUT2D eigenvalue weighted by Crippen LogP contribution is -2.33. The van der Waals surface area contributed by atoms with Gasteiger partial charge in [0.25, 0.3) is 5.91 Å². The lowest BCUT2D eigenvalue weighted by molar-refractivity contribution is -0.143. The van der Waals surface area contributed by atoms with E-state index in [4.69, 9.17) is 13.9 Å². The van der Waals surface area contributed by atoms with Gasteiger partial charge in [-0.2, -0.15) is 0 Å². The molecule has 0 aliphatic rings. The predicted octanol–water partition coefficient (Wildman–Crippen LogP) is 3.53. The lowest BCUT2D eigenvalue weighted by Gasteiger charge is -2.18. The quantitative estimate of drug-likeness (QED) is 0.474.